The molecule has 22 heavy (non-hydrogen) atoms. The van der Waals surface area contributed by atoms with E-state index in [1.54, 1.807) is 6.26 Å². The molecule has 116 valence electrons. The lowest BCUT2D eigenvalue weighted by molar-refractivity contribution is 0.0948. The molecule has 2 N–H and O–H groups in total. The van der Waals surface area contributed by atoms with Crippen LogP contribution in [0.1, 0.15) is 28.1 Å². The third kappa shape index (κ3) is 4.15. The summed E-state index contributed by atoms with van der Waals surface area (Å²) in [4.78, 5) is 12.2. The summed E-state index contributed by atoms with van der Waals surface area (Å²) in [6, 6.07) is 12.0. The molecule has 2 aromatic rings. The zero-order chi connectivity index (χ0) is 15.2. The van der Waals surface area contributed by atoms with E-state index in [-0.39, 0.29) is 5.91 Å². The van der Waals surface area contributed by atoms with Crippen LogP contribution in [-0.2, 0) is 13.1 Å². The zero-order valence-corrected chi connectivity index (χ0v) is 13.2. The van der Waals surface area contributed by atoms with E-state index in [1.807, 2.05) is 42.1 Å². The zero-order valence-electron chi connectivity index (χ0n) is 12.4. The molecule has 0 aliphatic carbocycles. The highest BCUT2D eigenvalue weighted by molar-refractivity contribution is 7.99. The Kier molecular flexibility index (Phi) is 5.19. The summed E-state index contributed by atoms with van der Waals surface area (Å²) in [7, 11) is 0. The second-order valence-electron chi connectivity index (χ2n) is 5.40. The number of carbonyl (C=O) groups excluding carboxylic acids is 1. The molecule has 1 fully saturated rings. The number of rotatable bonds is 6. The van der Waals surface area contributed by atoms with Crippen LogP contribution in [0.3, 0.4) is 0 Å². The lowest BCUT2D eigenvalue weighted by Crippen LogP contribution is -2.28. The maximum absolute atomic E-state index is 12.2. The molecular weight excluding hydrogens is 296 g/mol. The van der Waals surface area contributed by atoms with Crippen molar-refractivity contribution < 1.29 is 9.21 Å². The molecule has 1 aromatic heterocycles. The molecule has 3 rings (SSSR count). The maximum atomic E-state index is 12.2. The molecule has 5 heteroatoms. The van der Waals surface area contributed by atoms with E-state index < -0.39 is 0 Å². The minimum atomic E-state index is -0.0744. The van der Waals surface area contributed by atoms with Crippen LogP contribution in [0.4, 0.5) is 0 Å². The highest BCUT2D eigenvalue weighted by atomic mass is 32.2. The van der Waals surface area contributed by atoms with Crippen LogP contribution in [0.15, 0.2) is 47.1 Å². The van der Waals surface area contributed by atoms with Crippen molar-refractivity contribution in [3.8, 4) is 0 Å². The van der Waals surface area contributed by atoms with Crippen molar-refractivity contribution in [1.29, 1.82) is 0 Å². The molecule has 1 aromatic carbocycles. The van der Waals surface area contributed by atoms with Gasteiger partial charge in [0, 0.05) is 23.9 Å². The number of thioether (sulfide) groups is 1. The third-order valence-corrected chi connectivity index (χ3v) is 4.88. The molecule has 1 aliphatic heterocycles. The van der Waals surface area contributed by atoms with Crippen molar-refractivity contribution in [2.24, 2.45) is 0 Å². The first-order valence-corrected chi connectivity index (χ1v) is 8.67. The molecular formula is C17H20N2O2S. The Balaban J connectivity index is 1.54. The highest BCUT2D eigenvalue weighted by Crippen LogP contribution is 2.17. The standard InChI is InChI=1S/C17H20N2O2S/c20-17(19-11-16-5-2-7-21-16)14-4-1-3-13(9-14)10-18-15-6-8-22-12-15/h1-5,7,9,15,18H,6,8,10-12H2,(H,19,20). The fourth-order valence-electron chi connectivity index (χ4n) is 2.46. The van der Waals surface area contributed by atoms with E-state index in [0.717, 1.165) is 17.9 Å². The summed E-state index contributed by atoms with van der Waals surface area (Å²) in [5.74, 6) is 3.11. The van der Waals surface area contributed by atoms with Crippen LogP contribution in [0.25, 0.3) is 0 Å². The van der Waals surface area contributed by atoms with Crippen LogP contribution in [0, 0.1) is 0 Å². The smallest absolute Gasteiger partial charge is 0.251 e. The van der Waals surface area contributed by atoms with Crippen LogP contribution in [-0.4, -0.2) is 23.5 Å². The number of hydrogen-bond donors (Lipinski definition) is 2. The second-order valence-corrected chi connectivity index (χ2v) is 6.55. The monoisotopic (exact) mass is 316 g/mol. The normalized spacial score (nSPS) is 17.5. The van der Waals surface area contributed by atoms with Crippen molar-refractivity contribution >= 4 is 17.7 Å². The van der Waals surface area contributed by atoms with Crippen molar-refractivity contribution in [2.45, 2.75) is 25.6 Å². The van der Waals surface area contributed by atoms with Gasteiger partial charge in [0.15, 0.2) is 0 Å². The number of benzene rings is 1. The Morgan fingerprint density at radius 2 is 2.23 bits per heavy atom. The van der Waals surface area contributed by atoms with Crippen molar-refractivity contribution in [3.05, 3.63) is 59.5 Å². The Morgan fingerprint density at radius 1 is 1.27 bits per heavy atom. The van der Waals surface area contributed by atoms with Gasteiger partial charge in [-0.1, -0.05) is 12.1 Å². The summed E-state index contributed by atoms with van der Waals surface area (Å²) >= 11 is 2.00. The van der Waals surface area contributed by atoms with E-state index in [9.17, 15) is 4.79 Å². The van der Waals surface area contributed by atoms with Gasteiger partial charge in [-0.05, 0) is 42.0 Å². The summed E-state index contributed by atoms with van der Waals surface area (Å²) in [5, 5.41) is 6.42. The lowest BCUT2D eigenvalue weighted by atomic mass is 10.1. The Bertz CT molecular complexity index is 607. The minimum Gasteiger partial charge on any atom is -0.467 e. The molecule has 1 saturated heterocycles. The van der Waals surface area contributed by atoms with E-state index in [0.29, 0.717) is 18.2 Å². The van der Waals surface area contributed by atoms with E-state index in [1.165, 1.54) is 17.9 Å². The first-order chi connectivity index (χ1) is 10.8. The Labute approximate surface area is 134 Å². The molecule has 0 bridgehead atoms. The highest BCUT2D eigenvalue weighted by Gasteiger charge is 2.14. The van der Waals surface area contributed by atoms with Gasteiger partial charge in [0.25, 0.3) is 5.91 Å². The molecule has 1 unspecified atom stereocenters. The van der Waals surface area contributed by atoms with Crippen LogP contribution >= 0.6 is 11.8 Å². The lowest BCUT2D eigenvalue weighted by Gasteiger charge is -2.12. The second kappa shape index (κ2) is 7.51. The van der Waals surface area contributed by atoms with Gasteiger partial charge in [-0.15, -0.1) is 0 Å². The molecule has 1 amide bonds. The SMILES string of the molecule is O=C(NCc1ccco1)c1cccc(CNC2CCSC2)c1. The first kappa shape index (κ1) is 15.2. The van der Waals surface area contributed by atoms with Crippen molar-refractivity contribution in [1.82, 2.24) is 10.6 Å². The van der Waals surface area contributed by atoms with Gasteiger partial charge in [-0.3, -0.25) is 4.79 Å². The fraction of sp³-hybridized carbons (Fsp3) is 0.353. The maximum Gasteiger partial charge on any atom is 0.251 e. The minimum absolute atomic E-state index is 0.0744. The summed E-state index contributed by atoms with van der Waals surface area (Å²) in [6.07, 6.45) is 2.84. The van der Waals surface area contributed by atoms with Gasteiger partial charge in [-0.25, -0.2) is 0 Å². The van der Waals surface area contributed by atoms with Gasteiger partial charge < -0.3 is 15.1 Å². The van der Waals surface area contributed by atoms with Gasteiger partial charge >= 0.3 is 0 Å². The van der Waals surface area contributed by atoms with E-state index in [2.05, 4.69) is 16.7 Å². The molecule has 1 atom stereocenters. The number of amides is 1. The van der Waals surface area contributed by atoms with Crippen molar-refractivity contribution in [3.63, 3.8) is 0 Å². The number of hydrogen-bond acceptors (Lipinski definition) is 4. The average molecular weight is 316 g/mol. The summed E-state index contributed by atoms with van der Waals surface area (Å²) in [5.41, 5.74) is 1.83. The van der Waals surface area contributed by atoms with E-state index in [4.69, 9.17) is 4.42 Å². The third-order valence-electron chi connectivity index (χ3n) is 3.72. The van der Waals surface area contributed by atoms with Crippen molar-refractivity contribution in [2.75, 3.05) is 11.5 Å². The summed E-state index contributed by atoms with van der Waals surface area (Å²) in [6.45, 7) is 1.22. The molecule has 1 aliphatic rings. The Morgan fingerprint density at radius 3 is 3.00 bits per heavy atom. The van der Waals surface area contributed by atoms with Crippen LogP contribution in [0.2, 0.25) is 0 Å². The molecule has 0 saturated carbocycles. The van der Waals surface area contributed by atoms with Gasteiger partial charge in [-0.2, -0.15) is 11.8 Å². The average Bonchev–Trinajstić information content (AvgIpc) is 3.24. The first-order valence-electron chi connectivity index (χ1n) is 7.52. The topological polar surface area (TPSA) is 54.3 Å². The number of carbonyl (C=O) groups is 1. The molecule has 2 heterocycles. The summed E-state index contributed by atoms with van der Waals surface area (Å²) < 4.78 is 5.21. The van der Waals surface area contributed by atoms with Gasteiger partial charge in [0.05, 0.1) is 12.8 Å². The molecule has 0 radical (unpaired) electrons. The quantitative estimate of drug-likeness (QED) is 0.860. The number of nitrogens with one attached hydrogen (secondary N) is 2. The van der Waals surface area contributed by atoms with Crippen LogP contribution in [0.5, 0.6) is 0 Å². The van der Waals surface area contributed by atoms with E-state index >= 15 is 0 Å². The molecule has 4 nitrogen and oxygen atoms in total. The largest absolute Gasteiger partial charge is 0.467 e. The van der Waals surface area contributed by atoms with Gasteiger partial charge in [0.2, 0.25) is 0 Å². The van der Waals surface area contributed by atoms with Crippen LogP contribution < -0.4 is 10.6 Å². The predicted octanol–water partition coefficient (Wildman–Crippen LogP) is 2.80. The Hall–Kier alpha value is -1.72. The number of furan rings is 1. The predicted molar refractivity (Wildman–Crippen MR) is 88.9 cm³/mol. The fourth-order valence-corrected chi connectivity index (χ4v) is 3.65. The molecule has 0 spiro atoms. The van der Waals surface area contributed by atoms with Gasteiger partial charge in [0.1, 0.15) is 5.76 Å².